The van der Waals surface area contributed by atoms with Gasteiger partial charge in [0.1, 0.15) is 11.4 Å². The van der Waals surface area contributed by atoms with Crippen LogP contribution in [-0.2, 0) is 4.74 Å². The molecular weight excluding hydrogens is 276 g/mol. The summed E-state index contributed by atoms with van der Waals surface area (Å²) < 4.78 is 5.12. The van der Waals surface area contributed by atoms with Crippen LogP contribution >= 0.6 is 0 Å². The third kappa shape index (κ3) is 5.21. The van der Waals surface area contributed by atoms with Gasteiger partial charge in [-0.15, -0.1) is 0 Å². The Morgan fingerprint density at radius 1 is 1.52 bits per heavy atom. The van der Waals surface area contributed by atoms with Crippen molar-refractivity contribution >= 4 is 11.8 Å². The maximum absolute atomic E-state index is 11.8. The molecule has 1 aromatic carbocycles. The van der Waals surface area contributed by atoms with E-state index in [-0.39, 0.29) is 11.4 Å². The molecular formula is C13H18N4O4. The van der Waals surface area contributed by atoms with Gasteiger partial charge in [0.2, 0.25) is 0 Å². The second kappa shape index (κ2) is 6.83. The smallest absolute Gasteiger partial charge is 0.412 e. The number of nitrogens with one attached hydrogen (secondary N) is 1. The summed E-state index contributed by atoms with van der Waals surface area (Å²) in [5, 5.41) is 24.7. The molecule has 8 heteroatoms. The van der Waals surface area contributed by atoms with E-state index in [1.807, 2.05) is 0 Å². The lowest BCUT2D eigenvalue weighted by molar-refractivity contribution is 0.0635. The first kappa shape index (κ1) is 16.6. The average molecular weight is 294 g/mol. The van der Waals surface area contributed by atoms with E-state index in [0.717, 1.165) is 0 Å². The maximum atomic E-state index is 11.8. The highest BCUT2D eigenvalue weighted by Gasteiger charge is 2.19. The van der Waals surface area contributed by atoms with Crippen LogP contribution in [-0.4, -0.2) is 28.5 Å². The van der Waals surface area contributed by atoms with Crippen LogP contribution in [0.5, 0.6) is 5.75 Å². The van der Waals surface area contributed by atoms with Gasteiger partial charge in [-0.3, -0.25) is 5.32 Å². The molecule has 0 radical (unpaired) electrons. The van der Waals surface area contributed by atoms with Gasteiger partial charge in [0.15, 0.2) is 0 Å². The van der Waals surface area contributed by atoms with Gasteiger partial charge in [0.05, 0.1) is 12.6 Å². The topological polar surface area (TPSA) is 128 Å². The number of amides is 1. The van der Waals surface area contributed by atoms with Crippen LogP contribution in [0.2, 0.25) is 0 Å². The Morgan fingerprint density at radius 2 is 2.19 bits per heavy atom. The number of aromatic hydroxyl groups is 1. The number of carbonyl (C=O) groups is 1. The number of azide groups is 1. The van der Waals surface area contributed by atoms with Crippen molar-refractivity contribution in [3.8, 4) is 5.75 Å². The second-order valence-electron chi connectivity index (χ2n) is 5.30. The number of phenols is 1. The summed E-state index contributed by atoms with van der Waals surface area (Å²) in [4.78, 5) is 14.4. The lowest BCUT2D eigenvalue weighted by Gasteiger charge is -2.21. The van der Waals surface area contributed by atoms with E-state index >= 15 is 0 Å². The fourth-order valence-corrected chi connectivity index (χ4v) is 1.61. The zero-order chi connectivity index (χ0) is 16.0. The molecule has 0 aliphatic heterocycles. The molecule has 1 atom stereocenters. The summed E-state index contributed by atoms with van der Waals surface area (Å²) >= 11 is 0. The maximum Gasteiger partial charge on any atom is 0.412 e. The monoisotopic (exact) mass is 294 g/mol. The molecule has 0 aliphatic carbocycles. The minimum absolute atomic E-state index is 0.0775. The van der Waals surface area contributed by atoms with Crippen LogP contribution in [0.3, 0.4) is 0 Å². The molecule has 1 unspecified atom stereocenters. The standard InChI is InChI=1S/C13H18N4O4/c1-13(2,3)21-12(20)15-10-5-4-8(19)6-9(10)11(7-18)16-17-14/h4-6,11,18-19H,7H2,1-3H3,(H,15,20). The fourth-order valence-electron chi connectivity index (χ4n) is 1.61. The molecule has 0 fully saturated rings. The van der Waals surface area contributed by atoms with E-state index in [9.17, 15) is 15.0 Å². The van der Waals surface area contributed by atoms with Crippen molar-refractivity contribution in [1.29, 1.82) is 0 Å². The molecule has 21 heavy (non-hydrogen) atoms. The highest BCUT2D eigenvalue weighted by molar-refractivity contribution is 5.86. The number of hydrogen-bond donors (Lipinski definition) is 3. The molecule has 1 aromatic rings. The molecule has 0 heterocycles. The average Bonchev–Trinajstić information content (AvgIpc) is 2.36. The van der Waals surface area contributed by atoms with Crippen molar-refractivity contribution in [2.75, 3.05) is 11.9 Å². The number of carbonyl (C=O) groups excluding carboxylic acids is 1. The van der Waals surface area contributed by atoms with E-state index in [1.54, 1.807) is 20.8 Å². The van der Waals surface area contributed by atoms with Gasteiger partial charge in [-0.05, 0) is 50.1 Å². The van der Waals surface area contributed by atoms with Crippen LogP contribution in [0.15, 0.2) is 23.3 Å². The Balaban J connectivity index is 3.07. The number of phenolic OH excluding ortho intramolecular Hbond substituents is 1. The lowest BCUT2D eigenvalue weighted by Crippen LogP contribution is -2.27. The lowest BCUT2D eigenvalue weighted by atomic mass is 10.1. The first-order chi connectivity index (χ1) is 9.76. The first-order valence-corrected chi connectivity index (χ1v) is 6.25. The van der Waals surface area contributed by atoms with Crippen LogP contribution in [0.4, 0.5) is 10.5 Å². The number of aliphatic hydroxyl groups is 1. The van der Waals surface area contributed by atoms with E-state index in [1.165, 1.54) is 18.2 Å². The number of anilines is 1. The summed E-state index contributed by atoms with van der Waals surface area (Å²) in [6.07, 6.45) is -0.688. The molecule has 3 N–H and O–H groups in total. The predicted octanol–water partition coefficient (Wildman–Crippen LogP) is 3.08. The van der Waals surface area contributed by atoms with Crippen molar-refractivity contribution in [1.82, 2.24) is 0 Å². The van der Waals surface area contributed by atoms with Crippen molar-refractivity contribution in [2.24, 2.45) is 5.11 Å². The molecule has 0 aromatic heterocycles. The molecule has 8 nitrogen and oxygen atoms in total. The van der Waals surface area contributed by atoms with E-state index in [4.69, 9.17) is 10.3 Å². The number of aliphatic hydroxyl groups excluding tert-OH is 1. The Labute approximate surface area is 122 Å². The fraction of sp³-hybridized carbons (Fsp3) is 0.462. The summed E-state index contributed by atoms with van der Waals surface area (Å²) in [6.45, 7) is 4.71. The van der Waals surface area contributed by atoms with Gasteiger partial charge in [-0.2, -0.15) is 0 Å². The molecule has 0 aliphatic rings. The minimum Gasteiger partial charge on any atom is -0.508 e. The first-order valence-electron chi connectivity index (χ1n) is 6.25. The predicted molar refractivity (Wildman–Crippen MR) is 76.9 cm³/mol. The third-order valence-electron chi connectivity index (χ3n) is 2.39. The van der Waals surface area contributed by atoms with Crippen LogP contribution in [0.25, 0.3) is 10.4 Å². The van der Waals surface area contributed by atoms with E-state index < -0.39 is 24.3 Å². The van der Waals surface area contributed by atoms with Crippen molar-refractivity contribution in [2.45, 2.75) is 32.4 Å². The summed E-state index contributed by atoms with van der Waals surface area (Å²) in [5.41, 5.74) is 8.41. The SMILES string of the molecule is CC(C)(C)OC(=O)Nc1ccc(O)cc1C(CO)N=[N+]=[N-]. The van der Waals surface area contributed by atoms with E-state index in [2.05, 4.69) is 15.3 Å². The van der Waals surface area contributed by atoms with Gasteiger partial charge in [-0.1, -0.05) is 5.11 Å². The second-order valence-corrected chi connectivity index (χ2v) is 5.30. The quantitative estimate of drug-likeness (QED) is 0.341. The van der Waals surface area contributed by atoms with Gasteiger partial charge < -0.3 is 14.9 Å². The number of nitrogens with zero attached hydrogens (tertiary/aromatic N) is 3. The highest BCUT2D eigenvalue weighted by Crippen LogP contribution is 2.29. The van der Waals surface area contributed by atoms with Crippen molar-refractivity contribution in [3.05, 3.63) is 34.2 Å². The Bertz CT molecular complexity index is 562. The number of hydrogen-bond acceptors (Lipinski definition) is 5. The zero-order valence-corrected chi connectivity index (χ0v) is 12.1. The molecule has 0 bridgehead atoms. The van der Waals surface area contributed by atoms with Crippen molar-refractivity contribution in [3.63, 3.8) is 0 Å². The highest BCUT2D eigenvalue weighted by atomic mass is 16.6. The summed E-state index contributed by atoms with van der Waals surface area (Å²) in [5.74, 6) is -0.0775. The minimum atomic E-state index is -0.924. The van der Waals surface area contributed by atoms with Gasteiger partial charge in [0, 0.05) is 10.6 Å². The molecule has 0 spiro atoms. The molecule has 0 saturated carbocycles. The number of ether oxygens (including phenoxy) is 1. The molecule has 1 amide bonds. The largest absolute Gasteiger partial charge is 0.508 e. The molecule has 114 valence electrons. The van der Waals surface area contributed by atoms with Crippen LogP contribution < -0.4 is 5.32 Å². The van der Waals surface area contributed by atoms with Gasteiger partial charge >= 0.3 is 6.09 Å². The van der Waals surface area contributed by atoms with Crippen LogP contribution in [0, 0.1) is 0 Å². The van der Waals surface area contributed by atoms with Crippen LogP contribution in [0.1, 0.15) is 32.4 Å². The van der Waals surface area contributed by atoms with E-state index in [0.29, 0.717) is 5.56 Å². The third-order valence-corrected chi connectivity index (χ3v) is 2.39. The summed E-state index contributed by atoms with van der Waals surface area (Å²) in [6, 6.07) is 3.18. The number of benzene rings is 1. The van der Waals surface area contributed by atoms with Crippen molar-refractivity contribution < 1.29 is 19.7 Å². The number of rotatable bonds is 4. The Morgan fingerprint density at radius 3 is 2.71 bits per heavy atom. The Kier molecular flexibility index (Phi) is 5.40. The Hall–Kier alpha value is -2.44. The van der Waals surface area contributed by atoms with Gasteiger partial charge in [0.25, 0.3) is 0 Å². The normalized spacial score (nSPS) is 12.2. The van der Waals surface area contributed by atoms with Gasteiger partial charge in [-0.25, -0.2) is 4.79 Å². The zero-order valence-electron chi connectivity index (χ0n) is 12.1. The molecule has 0 saturated heterocycles. The summed E-state index contributed by atoms with van der Waals surface area (Å²) in [7, 11) is 0. The molecule has 1 rings (SSSR count).